The first kappa shape index (κ1) is 16.1. The van der Waals surface area contributed by atoms with Crippen LogP contribution in [0.3, 0.4) is 0 Å². The third kappa shape index (κ3) is 2.77. The number of aromatic nitrogens is 4. The zero-order chi connectivity index (χ0) is 18.3. The number of rotatable bonds is 3. The number of methoxy groups -OCH3 is 1. The molecule has 26 heavy (non-hydrogen) atoms. The minimum absolute atomic E-state index is 0.762. The predicted octanol–water partition coefficient (Wildman–Crippen LogP) is 4.01. The van der Waals surface area contributed by atoms with Crippen molar-refractivity contribution in [3.63, 3.8) is 0 Å². The van der Waals surface area contributed by atoms with E-state index in [0.29, 0.717) is 0 Å². The lowest BCUT2D eigenvalue weighted by molar-refractivity contribution is 0.307. The second-order valence-electron chi connectivity index (χ2n) is 6.36. The highest BCUT2D eigenvalue weighted by Gasteiger charge is 2.14. The van der Waals surface area contributed by atoms with E-state index in [2.05, 4.69) is 34.4 Å². The summed E-state index contributed by atoms with van der Waals surface area (Å²) in [7, 11) is 5.60. The minimum Gasteiger partial charge on any atom is -0.497 e. The first-order valence-corrected chi connectivity index (χ1v) is 8.35. The van der Waals surface area contributed by atoms with Gasteiger partial charge in [0.15, 0.2) is 0 Å². The van der Waals surface area contributed by atoms with E-state index in [-0.39, 0.29) is 0 Å². The van der Waals surface area contributed by atoms with Crippen LogP contribution in [0.1, 0.15) is 5.82 Å². The summed E-state index contributed by atoms with van der Waals surface area (Å²) in [4.78, 5) is 4.87. The van der Waals surface area contributed by atoms with Crippen molar-refractivity contribution < 1.29 is 4.74 Å². The van der Waals surface area contributed by atoms with E-state index in [1.165, 1.54) is 0 Å². The van der Waals surface area contributed by atoms with Gasteiger partial charge in [-0.05, 0) is 35.4 Å². The molecule has 0 unspecified atom stereocenters. The van der Waals surface area contributed by atoms with Crippen LogP contribution in [0.2, 0.25) is 0 Å². The van der Waals surface area contributed by atoms with Crippen molar-refractivity contribution in [2.45, 2.75) is 0 Å². The molecule has 2 heterocycles. The van der Waals surface area contributed by atoms with Crippen molar-refractivity contribution in [3.05, 3.63) is 78.6 Å². The number of fused-ring (bicyclic) bond motifs is 1. The van der Waals surface area contributed by atoms with Gasteiger partial charge >= 0.3 is 0 Å². The largest absolute Gasteiger partial charge is 0.497 e. The number of hydrogen-bond acceptors (Lipinski definition) is 3. The number of benzene rings is 1. The molecule has 1 aliphatic carbocycles. The maximum atomic E-state index is 5.42. The molecule has 0 saturated carbocycles. The lowest BCUT2D eigenvalue weighted by Gasteiger charge is -2.04. The molecule has 5 nitrogen and oxygen atoms in total. The van der Waals surface area contributed by atoms with Crippen LogP contribution in [0.5, 0.6) is 0 Å². The second-order valence-corrected chi connectivity index (χ2v) is 6.36. The molecule has 1 aliphatic rings. The maximum Gasteiger partial charge on any atom is 0.140 e. The van der Waals surface area contributed by atoms with Crippen molar-refractivity contribution in [3.8, 4) is 11.1 Å². The third-order valence-corrected chi connectivity index (χ3v) is 4.52. The van der Waals surface area contributed by atoms with E-state index >= 15 is 0 Å². The molecule has 2 aromatic heterocycles. The molecular formula is C21H20N4O. The molecule has 0 saturated heterocycles. The summed E-state index contributed by atoms with van der Waals surface area (Å²) < 4.78 is 9.32. The number of allylic oxidation sites excluding steroid dienone is 6. The molecular weight excluding hydrogens is 324 g/mol. The molecule has 0 bridgehead atoms. The summed E-state index contributed by atoms with van der Waals surface area (Å²) >= 11 is 0. The Kier molecular flexibility index (Phi) is 3.84. The SMILES string of the molecule is C=C1C=CC(c2nc3cc(-c4cnn(C)c4)ccc3n2C)=CC(OC)=C1. The van der Waals surface area contributed by atoms with Gasteiger partial charge in [-0.25, -0.2) is 4.98 Å². The number of imidazole rings is 1. The zero-order valence-corrected chi connectivity index (χ0v) is 15.1. The quantitative estimate of drug-likeness (QED) is 0.721. The molecule has 4 rings (SSSR count). The fourth-order valence-electron chi connectivity index (χ4n) is 3.14. The summed E-state index contributed by atoms with van der Waals surface area (Å²) in [6, 6.07) is 6.30. The Morgan fingerprint density at radius 1 is 1.08 bits per heavy atom. The highest BCUT2D eigenvalue weighted by molar-refractivity contribution is 5.86. The van der Waals surface area contributed by atoms with Gasteiger partial charge < -0.3 is 9.30 Å². The van der Waals surface area contributed by atoms with Crippen molar-refractivity contribution in [2.24, 2.45) is 14.1 Å². The van der Waals surface area contributed by atoms with E-state index < -0.39 is 0 Å². The Morgan fingerprint density at radius 2 is 1.92 bits per heavy atom. The smallest absolute Gasteiger partial charge is 0.140 e. The van der Waals surface area contributed by atoms with E-state index in [1.807, 2.05) is 50.8 Å². The lowest BCUT2D eigenvalue weighted by atomic mass is 10.1. The molecule has 0 fully saturated rings. The molecule has 0 N–H and O–H groups in total. The van der Waals surface area contributed by atoms with Gasteiger partial charge in [-0.3, -0.25) is 4.68 Å². The van der Waals surface area contributed by atoms with Crippen molar-refractivity contribution in [2.75, 3.05) is 7.11 Å². The predicted molar refractivity (Wildman–Crippen MR) is 104 cm³/mol. The first-order chi connectivity index (χ1) is 12.5. The summed E-state index contributed by atoms with van der Waals surface area (Å²) in [5.74, 6) is 1.65. The van der Waals surface area contributed by atoms with Crippen LogP contribution in [0, 0.1) is 0 Å². The van der Waals surface area contributed by atoms with Crippen LogP contribution in [0.15, 0.2) is 72.8 Å². The summed E-state index contributed by atoms with van der Waals surface area (Å²) in [5, 5.41) is 4.25. The second kappa shape index (κ2) is 6.19. The van der Waals surface area contributed by atoms with Gasteiger partial charge in [0, 0.05) is 31.4 Å². The molecule has 3 aromatic rings. The molecule has 1 aromatic carbocycles. The van der Waals surface area contributed by atoms with E-state index in [0.717, 1.165) is 44.9 Å². The average Bonchev–Trinajstić information content (AvgIpc) is 3.14. The molecule has 0 radical (unpaired) electrons. The van der Waals surface area contributed by atoms with Crippen LogP contribution in [0.25, 0.3) is 27.7 Å². The van der Waals surface area contributed by atoms with Crippen LogP contribution in [-0.4, -0.2) is 26.4 Å². The Hall–Kier alpha value is -3.34. The van der Waals surface area contributed by atoms with Gasteiger partial charge in [-0.2, -0.15) is 5.10 Å². The Bertz CT molecular complexity index is 1110. The molecule has 130 valence electrons. The first-order valence-electron chi connectivity index (χ1n) is 8.35. The van der Waals surface area contributed by atoms with E-state index in [9.17, 15) is 0 Å². The standard InChI is InChI=1S/C21H20N4O/c1-14-5-6-16(10-18(9-14)26-4)21-23-19-11-15(7-8-20(19)25(21)3)17-12-22-24(2)13-17/h5-13H,1H2,2-4H3. The highest BCUT2D eigenvalue weighted by atomic mass is 16.5. The van der Waals surface area contributed by atoms with E-state index in [4.69, 9.17) is 9.72 Å². The van der Waals surface area contributed by atoms with E-state index in [1.54, 1.807) is 11.8 Å². The molecule has 5 heteroatoms. The number of ether oxygens (including phenoxy) is 1. The van der Waals surface area contributed by atoms with Gasteiger partial charge in [-0.1, -0.05) is 24.8 Å². The van der Waals surface area contributed by atoms with Crippen LogP contribution in [-0.2, 0) is 18.8 Å². The Labute approximate surface area is 152 Å². The Morgan fingerprint density at radius 3 is 2.65 bits per heavy atom. The highest BCUT2D eigenvalue weighted by Crippen LogP contribution is 2.28. The average molecular weight is 344 g/mol. The van der Waals surface area contributed by atoms with Gasteiger partial charge in [0.25, 0.3) is 0 Å². The van der Waals surface area contributed by atoms with Gasteiger partial charge in [0.1, 0.15) is 11.6 Å². The zero-order valence-electron chi connectivity index (χ0n) is 15.1. The van der Waals surface area contributed by atoms with Gasteiger partial charge in [0.2, 0.25) is 0 Å². The Balaban J connectivity index is 1.83. The minimum atomic E-state index is 0.762. The molecule has 0 atom stereocenters. The van der Waals surface area contributed by atoms with Crippen LogP contribution >= 0.6 is 0 Å². The topological polar surface area (TPSA) is 44.9 Å². The number of nitrogens with zero attached hydrogens (tertiary/aromatic N) is 4. The number of hydrogen-bond donors (Lipinski definition) is 0. The van der Waals surface area contributed by atoms with Crippen molar-refractivity contribution >= 4 is 16.6 Å². The molecule has 0 amide bonds. The number of aryl methyl sites for hydroxylation is 2. The summed E-state index contributed by atoms with van der Waals surface area (Å²) in [5.41, 5.74) is 6.09. The summed E-state index contributed by atoms with van der Waals surface area (Å²) in [6.45, 7) is 4.00. The fraction of sp³-hybridized carbons (Fsp3) is 0.143. The maximum absolute atomic E-state index is 5.42. The monoisotopic (exact) mass is 344 g/mol. The van der Waals surface area contributed by atoms with Gasteiger partial charge in [0.05, 0.1) is 24.3 Å². The van der Waals surface area contributed by atoms with Crippen LogP contribution in [0.4, 0.5) is 0 Å². The fourth-order valence-corrected chi connectivity index (χ4v) is 3.14. The van der Waals surface area contributed by atoms with Crippen molar-refractivity contribution in [1.82, 2.24) is 19.3 Å². The molecule has 0 aliphatic heterocycles. The van der Waals surface area contributed by atoms with Crippen molar-refractivity contribution in [1.29, 1.82) is 0 Å². The van der Waals surface area contributed by atoms with Crippen LogP contribution < -0.4 is 0 Å². The third-order valence-electron chi connectivity index (χ3n) is 4.52. The lowest BCUT2D eigenvalue weighted by Crippen LogP contribution is -1.96. The summed E-state index contributed by atoms with van der Waals surface area (Å²) in [6.07, 6.45) is 11.8. The van der Waals surface area contributed by atoms with Gasteiger partial charge in [-0.15, -0.1) is 0 Å². The normalized spacial score (nSPS) is 14.3. The molecule has 0 spiro atoms.